The summed E-state index contributed by atoms with van der Waals surface area (Å²) < 4.78 is 7.82. The SMILES string of the molecule is O=C(NCc1ccccc1CN1CCCC1)c1ccc(OCc2cn3ccccc3n2)cc1. The molecule has 1 amide bonds. The highest BCUT2D eigenvalue weighted by molar-refractivity contribution is 5.94. The van der Waals surface area contributed by atoms with E-state index >= 15 is 0 Å². The zero-order valence-electron chi connectivity index (χ0n) is 18.6. The molecule has 5 rings (SSSR count). The summed E-state index contributed by atoms with van der Waals surface area (Å²) in [7, 11) is 0. The van der Waals surface area contributed by atoms with Crippen LogP contribution < -0.4 is 10.1 Å². The number of likely N-dealkylation sites (tertiary alicyclic amines) is 1. The number of carbonyl (C=O) groups is 1. The van der Waals surface area contributed by atoms with Gasteiger partial charge < -0.3 is 14.5 Å². The van der Waals surface area contributed by atoms with Crippen molar-refractivity contribution < 1.29 is 9.53 Å². The van der Waals surface area contributed by atoms with Gasteiger partial charge in [0.05, 0.1) is 5.69 Å². The van der Waals surface area contributed by atoms with E-state index in [1.165, 1.54) is 24.0 Å². The van der Waals surface area contributed by atoms with Gasteiger partial charge in [-0.1, -0.05) is 30.3 Å². The smallest absolute Gasteiger partial charge is 0.251 e. The Morgan fingerprint density at radius 3 is 2.48 bits per heavy atom. The number of nitrogens with zero attached hydrogens (tertiary/aromatic N) is 3. The maximum Gasteiger partial charge on any atom is 0.251 e. The first-order valence-electron chi connectivity index (χ1n) is 11.5. The molecule has 1 fully saturated rings. The van der Waals surface area contributed by atoms with E-state index in [1.54, 1.807) is 12.1 Å². The minimum absolute atomic E-state index is 0.0853. The molecule has 0 bridgehead atoms. The fourth-order valence-electron chi connectivity index (χ4n) is 4.26. The van der Waals surface area contributed by atoms with Crippen LogP contribution in [0, 0.1) is 0 Å². The third-order valence-corrected chi connectivity index (χ3v) is 6.07. The Morgan fingerprint density at radius 1 is 0.939 bits per heavy atom. The van der Waals surface area contributed by atoms with E-state index in [0.717, 1.165) is 31.0 Å². The number of nitrogens with one attached hydrogen (secondary N) is 1. The summed E-state index contributed by atoms with van der Waals surface area (Å²) in [4.78, 5) is 19.7. The summed E-state index contributed by atoms with van der Waals surface area (Å²) in [5.74, 6) is 0.623. The fraction of sp³-hybridized carbons (Fsp3) is 0.259. The number of hydrogen-bond acceptors (Lipinski definition) is 4. The molecule has 3 heterocycles. The first-order valence-corrected chi connectivity index (χ1v) is 11.5. The second-order valence-corrected chi connectivity index (χ2v) is 8.45. The van der Waals surface area contributed by atoms with Crippen LogP contribution in [-0.2, 0) is 19.7 Å². The van der Waals surface area contributed by atoms with Crippen molar-refractivity contribution in [2.75, 3.05) is 13.1 Å². The topological polar surface area (TPSA) is 58.9 Å². The quantitative estimate of drug-likeness (QED) is 0.440. The van der Waals surface area contributed by atoms with Gasteiger partial charge in [-0.05, 0) is 73.5 Å². The molecule has 4 aromatic rings. The molecule has 6 nitrogen and oxygen atoms in total. The van der Waals surface area contributed by atoms with E-state index in [9.17, 15) is 4.79 Å². The van der Waals surface area contributed by atoms with Crippen molar-refractivity contribution in [2.45, 2.75) is 32.5 Å². The molecule has 0 atom stereocenters. The first-order chi connectivity index (χ1) is 16.2. The number of pyridine rings is 1. The normalized spacial score (nSPS) is 13.9. The monoisotopic (exact) mass is 440 g/mol. The summed E-state index contributed by atoms with van der Waals surface area (Å²) in [5, 5.41) is 3.06. The lowest BCUT2D eigenvalue weighted by Gasteiger charge is -2.17. The molecular formula is C27H28N4O2. The largest absolute Gasteiger partial charge is 0.487 e. The molecule has 0 aliphatic carbocycles. The third-order valence-electron chi connectivity index (χ3n) is 6.07. The number of amides is 1. The van der Waals surface area contributed by atoms with Crippen molar-refractivity contribution in [3.05, 3.63) is 102 Å². The molecule has 2 aromatic heterocycles. The highest BCUT2D eigenvalue weighted by Gasteiger charge is 2.14. The standard InChI is InChI=1S/C27H28N4O2/c32-27(28-17-22-7-1-2-8-23(22)18-30-14-5-6-15-30)21-10-12-25(13-11-21)33-20-24-19-31-16-4-3-9-26(31)29-24/h1-4,7-13,16,19H,5-6,14-15,17-18,20H2,(H,28,32). The van der Waals surface area contributed by atoms with Gasteiger partial charge in [0.1, 0.15) is 18.0 Å². The Hall–Kier alpha value is -3.64. The van der Waals surface area contributed by atoms with Crippen molar-refractivity contribution in [1.29, 1.82) is 0 Å². The lowest BCUT2D eigenvalue weighted by molar-refractivity contribution is 0.0950. The van der Waals surface area contributed by atoms with Crippen molar-refractivity contribution in [3.8, 4) is 5.75 Å². The molecule has 2 aromatic carbocycles. The summed E-state index contributed by atoms with van der Waals surface area (Å²) in [6.07, 6.45) is 6.47. The zero-order valence-corrected chi connectivity index (χ0v) is 18.6. The van der Waals surface area contributed by atoms with Crippen molar-refractivity contribution in [2.24, 2.45) is 0 Å². The molecule has 0 radical (unpaired) electrons. The molecule has 0 spiro atoms. The van der Waals surface area contributed by atoms with Gasteiger partial charge in [-0.25, -0.2) is 4.98 Å². The summed E-state index contributed by atoms with van der Waals surface area (Å²) in [5.41, 5.74) is 4.83. The van der Waals surface area contributed by atoms with Crippen LogP contribution in [0.3, 0.4) is 0 Å². The third kappa shape index (κ3) is 5.23. The Bertz CT molecular complexity index is 1190. The maximum atomic E-state index is 12.7. The molecule has 33 heavy (non-hydrogen) atoms. The number of hydrogen-bond donors (Lipinski definition) is 1. The van der Waals surface area contributed by atoms with Gasteiger partial charge in [0.25, 0.3) is 5.91 Å². The van der Waals surface area contributed by atoms with Crippen LogP contribution in [0.2, 0.25) is 0 Å². The van der Waals surface area contributed by atoms with Crippen molar-refractivity contribution >= 4 is 11.6 Å². The van der Waals surface area contributed by atoms with Crippen LogP contribution >= 0.6 is 0 Å². The average molecular weight is 441 g/mol. The maximum absolute atomic E-state index is 12.7. The second-order valence-electron chi connectivity index (χ2n) is 8.45. The van der Waals surface area contributed by atoms with Crippen LogP contribution in [0.25, 0.3) is 5.65 Å². The summed E-state index contributed by atoms with van der Waals surface area (Å²) >= 11 is 0. The van der Waals surface area contributed by atoms with Gasteiger partial charge in [-0.2, -0.15) is 0 Å². The van der Waals surface area contributed by atoms with Crippen LogP contribution in [0.4, 0.5) is 0 Å². The van der Waals surface area contributed by atoms with Gasteiger partial charge in [0.15, 0.2) is 0 Å². The molecule has 6 heteroatoms. The molecule has 168 valence electrons. The minimum atomic E-state index is -0.0853. The number of imidazole rings is 1. The average Bonchev–Trinajstić information content (AvgIpc) is 3.52. The van der Waals surface area contributed by atoms with Gasteiger partial charge in [0.2, 0.25) is 0 Å². The number of fused-ring (bicyclic) bond motifs is 1. The van der Waals surface area contributed by atoms with Crippen LogP contribution in [-0.4, -0.2) is 33.3 Å². The molecule has 0 saturated carbocycles. The highest BCUT2D eigenvalue weighted by atomic mass is 16.5. The number of aromatic nitrogens is 2. The predicted molar refractivity (Wildman–Crippen MR) is 128 cm³/mol. The number of benzene rings is 2. The number of rotatable bonds is 8. The van der Waals surface area contributed by atoms with E-state index in [2.05, 4.69) is 33.4 Å². The number of carbonyl (C=O) groups excluding carboxylic acids is 1. The van der Waals surface area contributed by atoms with E-state index in [1.807, 2.05) is 53.2 Å². The van der Waals surface area contributed by atoms with E-state index in [-0.39, 0.29) is 5.91 Å². The van der Waals surface area contributed by atoms with E-state index in [4.69, 9.17) is 4.74 Å². The second kappa shape index (κ2) is 9.88. The van der Waals surface area contributed by atoms with Gasteiger partial charge in [-0.15, -0.1) is 0 Å². The Balaban J connectivity index is 1.15. The lowest BCUT2D eigenvalue weighted by Crippen LogP contribution is -2.25. The lowest BCUT2D eigenvalue weighted by atomic mass is 10.1. The Morgan fingerprint density at radius 2 is 1.70 bits per heavy atom. The van der Waals surface area contributed by atoms with E-state index in [0.29, 0.717) is 24.5 Å². The Labute approximate surface area is 193 Å². The summed E-state index contributed by atoms with van der Waals surface area (Å²) in [6, 6.07) is 21.5. The van der Waals surface area contributed by atoms with E-state index < -0.39 is 0 Å². The molecule has 1 aliphatic heterocycles. The summed E-state index contributed by atoms with van der Waals surface area (Å²) in [6.45, 7) is 4.17. The van der Waals surface area contributed by atoms with Crippen molar-refractivity contribution in [1.82, 2.24) is 19.6 Å². The Kier molecular flexibility index (Phi) is 6.35. The fourth-order valence-corrected chi connectivity index (χ4v) is 4.26. The van der Waals surface area contributed by atoms with Gasteiger partial charge >= 0.3 is 0 Å². The van der Waals surface area contributed by atoms with Crippen LogP contribution in [0.5, 0.6) is 5.75 Å². The van der Waals surface area contributed by atoms with Crippen molar-refractivity contribution in [3.63, 3.8) is 0 Å². The molecule has 1 aliphatic rings. The zero-order chi connectivity index (χ0) is 22.5. The molecule has 1 saturated heterocycles. The molecule has 1 N–H and O–H groups in total. The molecule has 0 unspecified atom stereocenters. The minimum Gasteiger partial charge on any atom is -0.487 e. The van der Waals surface area contributed by atoms with Gasteiger partial charge in [0, 0.05) is 31.0 Å². The highest BCUT2D eigenvalue weighted by Crippen LogP contribution is 2.17. The predicted octanol–water partition coefficient (Wildman–Crippen LogP) is 4.44. The van der Waals surface area contributed by atoms with Crippen LogP contribution in [0.1, 0.15) is 40.0 Å². The first kappa shape index (κ1) is 21.2. The van der Waals surface area contributed by atoms with Crippen LogP contribution in [0.15, 0.2) is 79.1 Å². The molecular weight excluding hydrogens is 412 g/mol. The number of ether oxygens (including phenoxy) is 1. The van der Waals surface area contributed by atoms with Gasteiger partial charge in [-0.3, -0.25) is 9.69 Å².